The number of methoxy groups -OCH3 is 1. The summed E-state index contributed by atoms with van der Waals surface area (Å²) >= 11 is 0. The van der Waals surface area contributed by atoms with Gasteiger partial charge in [0.05, 0.1) is 17.5 Å². The first-order chi connectivity index (χ1) is 12.1. The van der Waals surface area contributed by atoms with Crippen molar-refractivity contribution in [3.8, 4) is 5.69 Å². The first-order valence-electron chi connectivity index (χ1n) is 8.74. The Morgan fingerprint density at radius 1 is 1.36 bits per heavy atom. The van der Waals surface area contributed by atoms with Gasteiger partial charge in [0, 0.05) is 32.9 Å². The average Bonchev–Trinajstić information content (AvgIpc) is 3.06. The molecule has 2 heterocycles. The number of nitrogens with one attached hydrogen (secondary N) is 1. The molecule has 1 aliphatic rings. The van der Waals surface area contributed by atoms with Crippen LogP contribution in [0.25, 0.3) is 5.69 Å². The molecule has 6 heteroatoms. The number of hydrogen-bond acceptors (Lipinski definition) is 3. The second kappa shape index (κ2) is 7.70. The molecule has 1 fully saturated rings. The number of aryl methyl sites for hydroxylation is 1. The monoisotopic (exact) mass is 342 g/mol. The van der Waals surface area contributed by atoms with Crippen molar-refractivity contribution in [1.82, 2.24) is 20.0 Å². The van der Waals surface area contributed by atoms with Crippen molar-refractivity contribution in [3.63, 3.8) is 0 Å². The van der Waals surface area contributed by atoms with Crippen LogP contribution < -0.4 is 5.32 Å². The lowest BCUT2D eigenvalue weighted by molar-refractivity contribution is 0.00714. The van der Waals surface area contributed by atoms with Crippen LogP contribution in [0.2, 0.25) is 0 Å². The standard InChI is InChI=1S/C19H26N4O2/c1-14-8-10-22(13-18(14)25-3)19(24)20-12-16-6-4-5-7-17(16)23-11-9-15(2)21-23/h4-7,9,11,14,18H,8,10,12-13H2,1-3H3,(H,20,24)/t14-,18+/m0/s1. The third-order valence-electron chi connectivity index (χ3n) is 4.87. The summed E-state index contributed by atoms with van der Waals surface area (Å²) < 4.78 is 7.34. The molecule has 0 unspecified atom stereocenters. The minimum atomic E-state index is -0.0413. The number of benzene rings is 1. The topological polar surface area (TPSA) is 59.4 Å². The number of aromatic nitrogens is 2. The predicted molar refractivity (Wildman–Crippen MR) is 96.7 cm³/mol. The van der Waals surface area contributed by atoms with Crippen LogP contribution in [0, 0.1) is 12.8 Å². The summed E-state index contributed by atoms with van der Waals surface area (Å²) in [6.45, 7) is 6.02. The maximum absolute atomic E-state index is 12.5. The zero-order valence-electron chi connectivity index (χ0n) is 15.1. The van der Waals surface area contributed by atoms with E-state index in [0.29, 0.717) is 19.0 Å². The molecule has 1 aliphatic heterocycles. The Labute approximate surface area is 148 Å². The number of amides is 2. The van der Waals surface area contributed by atoms with E-state index < -0.39 is 0 Å². The molecule has 1 aromatic carbocycles. The molecule has 0 bridgehead atoms. The van der Waals surface area contributed by atoms with Crippen LogP contribution in [0.15, 0.2) is 36.5 Å². The van der Waals surface area contributed by atoms with Crippen LogP contribution in [-0.4, -0.2) is 47.0 Å². The van der Waals surface area contributed by atoms with Gasteiger partial charge in [-0.15, -0.1) is 0 Å². The molecular formula is C19H26N4O2. The fourth-order valence-electron chi connectivity index (χ4n) is 3.24. The van der Waals surface area contributed by atoms with Crippen molar-refractivity contribution in [2.75, 3.05) is 20.2 Å². The number of carbonyl (C=O) groups is 1. The molecular weight excluding hydrogens is 316 g/mol. The summed E-state index contributed by atoms with van der Waals surface area (Å²) in [4.78, 5) is 14.4. The molecule has 1 N–H and O–H groups in total. The van der Waals surface area contributed by atoms with E-state index in [-0.39, 0.29) is 12.1 Å². The Bertz CT molecular complexity index is 728. The van der Waals surface area contributed by atoms with Gasteiger partial charge in [0.15, 0.2) is 0 Å². The Kier molecular flexibility index (Phi) is 5.38. The number of rotatable bonds is 4. The fourth-order valence-corrected chi connectivity index (χ4v) is 3.24. The van der Waals surface area contributed by atoms with Crippen LogP contribution in [0.3, 0.4) is 0 Å². The molecule has 2 amide bonds. The Hall–Kier alpha value is -2.34. The quantitative estimate of drug-likeness (QED) is 0.929. The van der Waals surface area contributed by atoms with E-state index >= 15 is 0 Å². The van der Waals surface area contributed by atoms with E-state index in [9.17, 15) is 4.79 Å². The lowest BCUT2D eigenvalue weighted by atomic mass is 9.96. The molecule has 1 saturated heterocycles. The van der Waals surface area contributed by atoms with E-state index in [4.69, 9.17) is 4.74 Å². The largest absolute Gasteiger partial charge is 0.379 e. The number of ether oxygens (including phenoxy) is 1. The second-order valence-electron chi connectivity index (χ2n) is 6.68. The summed E-state index contributed by atoms with van der Waals surface area (Å²) in [6, 6.07) is 9.91. The first kappa shape index (κ1) is 17.5. The summed E-state index contributed by atoms with van der Waals surface area (Å²) in [7, 11) is 1.71. The van der Waals surface area contributed by atoms with Crippen molar-refractivity contribution in [3.05, 3.63) is 47.8 Å². The molecule has 2 atom stereocenters. The zero-order chi connectivity index (χ0) is 17.8. The van der Waals surface area contributed by atoms with Gasteiger partial charge in [0.25, 0.3) is 0 Å². The van der Waals surface area contributed by atoms with Crippen LogP contribution in [0.5, 0.6) is 0 Å². The van der Waals surface area contributed by atoms with Gasteiger partial charge in [-0.3, -0.25) is 0 Å². The number of nitrogens with zero attached hydrogens (tertiary/aromatic N) is 3. The number of urea groups is 1. The smallest absolute Gasteiger partial charge is 0.317 e. The highest BCUT2D eigenvalue weighted by Crippen LogP contribution is 2.20. The minimum Gasteiger partial charge on any atom is -0.379 e. The molecule has 0 radical (unpaired) electrons. The average molecular weight is 342 g/mol. The number of para-hydroxylation sites is 1. The molecule has 2 aromatic rings. The van der Waals surface area contributed by atoms with Crippen LogP contribution >= 0.6 is 0 Å². The number of piperidine rings is 1. The van der Waals surface area contributed by atoms with Crippen LogP contribution in [0.1, 0.15) is 24.6 Å². The highest BCUT2D eigenvalue weighted by Gasteiger charge is 2.28. The van der Waals surface area contributed by atoms with E-state index in [0.717, 1.165) is 29.9 Å². The van der Waals surface area contributed by atoms with Gasteiger partial charge < -0.3 is 15.0 Å². The third-order valence-corrected chi connectivity index (χ3v) is 4.87. The van der Waals surface area contributed by atoms with Gasteiger partial charge in [-0.05, 0) is 37.0 Å². The summed E-state index contributed by atoms with van der Waals surface area (Å²) in [5.74, 6) is 0.484. The third kappa shape index (κ3) is 4.02. The predicted octanol–water partition coefficient (Wildman–Crippen LogP) is 2.75. The second-order valence-corrected chi connectivity index (χ2v) is 6.68. The molecule has 25 heavy (non-hydrogen) atoms. The van der Waals surface area contributed by atoms with E-state index in [1.807, 2.05) is 53.0 Å². The molecule has 3 rings (SSSR count). The van der Waals surface area contributed by atoms with Gasteiger partial charge in [0.1, 0.15) is 0 Å². The van der Waals surface area contributed by atoms with Crippen LogP contribution in [0.4, 0.5) is 4.79 Å². The molecule has 0 spiro atoms. The molecule has 1 aromatic heterocycles. The maximum atomic E-state index is 12.5. The minimum absolute atomic E-state index is 0.0413. The highest BCUT2D eigenvalue weighted by atomic mass is 16.5. The van der Waals surface area contributed by atoms with Gasteiger partial charge in [-0.25, -0.2) is 9.48 Å². The maximum Gasteiger partial charge on any atom is 0.317 e. The van der Waals surface area contributed by atoms with Crippen molar-refractivity contribution < 1.29 is 9.53 Å². The Balaban J connectivity index is 1.65. The van der Waals surface area contributed by atoms with Gasteiger partial charge >= 0.3 is 6.03 Å². The lowest BCUT2D eigenvalue weighted by Crippen LogP contribution is -2.50. The van der Waals surface area contributed by atoms with Crippen LogP contribution in [-0.2, 0) is 11.3 Å². The lowest BCUT2D eigenvalue weighted by Gasteiger charge is -2.36. The van der Waals surface area contributed by atoms with Gasteiger partial charge in [0.2, 0.25) is 0 Å². The molecule has 134 valence electrons. The van der Waals surface area contributed by atoms with Crippen molar-refractivity contribution in [2.24, 2.45) is 5.92 Å². The van der Waals surface area contributed by atoms with Gasteiger partial charge in [-0.2, -0.15) is 5.10 Å². The van der Waals surface area contributed by atoms with Gasteiger partial charge in [-0.1, -0.05) is 25.1 Å². The van der Waals surface area contributed by atoms with E-state index in [1.165, 1.54) is 0 Å². The normalized spacial score (nSPS) is 20.5. The molecule has 0 aliphatic carbocycles. The number of carbonyl (C=O) groups excluding carboxylic acids is 1. The summed E-state index contributed by atoms with van der Waals surface area (Å²) in [5.41, 5.74) is 2.98. The Morgan fingerprint density at radius 2 is 2.16 bits per heavy atom. The summed E-state index contributed by atoms with van der Waals surface area (Å²) in [5, 5.41) is 7.50. The van der Waals surface area contributed by atoms with E-state index in [2.05, 4.69) is 17.3 Å². The number of hydrogen-bond donors (Lipinski definition) is 1. The SMILES string of the molecule is CO[C@@H]1CN(C(=O)NCc2ccccc2-n2ccc(C)n2)CC[C@@H]1C. The molecule has 0 saturated carbocycles. The fraction of sp³-hybridized carbons (Fsp3) is 0.474. The first-order valence-corrected chi connectivity index (χ1v) is 8.74. The zero-order valence-corrected chi connectivity index (χ0v) is 15.1. The summed E-state index contributed by atoms with van der Waals surface area (Å²) in [6.07, 6.45) is 3.01. The van der Waals surface area contributed by atoms with E-state index in [1.54, 1.807) is 7.11 Å². The Morgan fingerprint density at radius 3 is 2.88 bits per heavy atom. The van der Waals surface area contributed by atoms with Crippen molar-refractivity contribution in [2.45, 2.75) is 32.9 Å². The highest BCUT2D eigenvalue weighted by molar-refractivity contribution is 5.74. The van der Waals surface area contributed by atoms with Crippen molar-refractivity contribution >= 4 is 6.03 Å². The van der Waals surface area contributed by atoms with Crippen molar-refractivity contribution in [1.29, 1.82) is 0 Å². The number of likely N-dealkylation sites (tertiary alicyclic amines) is 1. The molecule has 6 nitrogen and oxygen atoms in total.